The van der Waals surface area contributed by atoms with Gasteiger partial charge in [-0.3, -0.25) is 9.59 Å². The summed E-state index contributed by atoms with van der Waals surface area (Å²) < 4.78 is 57.8. The quantitative estimate of drug-likeness (QED) is 0.0631. The number of carbonyl (C=O) groups is 2. The van der Waals surface area contributed by atoms with Crippen LogP contribution in [0.3, 0.4) is 0 Å². The van der Waals surface area contributed by atoms with E-state index in [4.69, 9.17) is 13.9 Å². The molecule has 0 saturated carbocycles. The Bertz CT molecular complexity index is 1440. The average molecular weight is 991 g/mol. The van der Waals surface area contributed by atoms with E-state index in [1.54, 1.807) is 12.1 Å². The first-order valence-corrected chi connectivity index (χ1v) is 23.8. The summed E-state index contributed by atoms with van der Waals surface area (Å²) in [5, 5.41) is 6.24. The summed E-state index contributed by atoms with van der Waals surface area (Å²) in [4.78, 5) is 24.8. The molecule has 0 heterocycles. The molecule has 0 amide bonds. The molecule has 0 unspecified atom stereocenters. The monoisotopic (exact) mass is 991 g/mol. The Labute approximate surface area is 342 Å². The molecule has 0 aromatic heterocycles. The van der Waals surface area contributed by atoms with E-state index in [0.29, 0.717) is 36.1 Å². The number of rotatable bonds is 28. The molecule has 0 bridgehead atoms. The van der Waals surface area contributed by atoms with E-state index in [0.717, 1.165) is 37.8 Å². The summed E-state index contributed by atoms with van der Waals surface area (Å²) in [5.74, 6) is -2.04. The first-order chi connectivity index (χ1) is 26.9. The average Bonchev–Trinajstić information content (AvgIpc) is 3.18. The fourth-order valence-electron chi connectivity index (χ4n) is 6.16. The molecule has 2 N–H and O–H groups in total. The van der Waals surface area contributed by atoms with Crippen molar-refractivity contribution in [3.8, 4) is 11.5 Å². The summed E-state index contributed by atoms with van der Waals surface area (Å²) in [6.45, 7) is 5.52. The van der Waals surface area contributed by atoms with Gasteiger partial charge in [0.15, 0.2) is 23.2 Å². The van der Waals surface area contributed by atoms with Crippen LogP contribution in [0.1, 0.15) is 142 Å². The van der Waals surface area contributed by atoms with Crippen LogP contribution in [0.5, 0.6) is 11.5 Å². The van der Waals surface area contributed by atoms with Crippen LogP contribution in [-0.2, 0) is 14.1 Å². The number of anilines is 2. The topological polar surface area (TPSA) is 111 Å². The molecule has 0 saturated heterocycles. The molecule has 302 valence electrons. The summed E-state index contributed by atoms with van der Waals surface area (Å²) in [6, 6.07) is 3.56. The first kappa shape index (κ1) is 47.9. The van der Waals surface area contributed by atoms with E-state index in [1.807, 2.05) is 0 Å². The van der Waals surface area contributed by atoms with Gasteiger partial charge < -0.3 is 20.1 Å². The van der Waals surface area contributed by atoms with E-state index in [-0.39, 0.29) is 11.1 Å². The zero-order valence-electron chi connectivity index (χ0n) is 33.0. The molecule has 8 nitrogen and oxygen atoms in total. The number of unbranched alkanes of at least 4 members (excludes halogenated alkanes) is 18. The number of benzene rings is 1. The van der Waals surface area contributed by atoms with Gasteiger partial charge in [-0.1, -0.05) is 142 Å². The third-order valence-electron chi connectivity index (χ3n) is 9.36. The molecule has 0 aliphatic heterocycles. The zero-order valence-corrected chi connectivity index (χ0v) is 37.2. The number of carbonyl (C=O) groups excluding carboxylic acids is 2. The summed E-state index contributed by atoms with van der Waals surface area (Å²) in [7, 11) is 0. The molecule has 1 aromatic rings. The van der Waals surface area contributed by atoms with E-state index in [2.05, 4.69) is 24.5 Å². The normalized spacial score (nSPS) is 15.0. The van der Waals surface area contributed by atoms with Crippen molar-refractivity contribution in [2.24, 2.45) is 0 Å². The van der Waals surface area contributed by atoms with Gasteiger partial charge >= 0.3 is 32.3 Å². The van der Waals surface area contributed by atoms with E-state index < -0.39 is 51.0 Å². The summed E-state index contributed by atoms with van der Waals surface area (Å²) in [5.41, 5.74) is 1.31. The number of allylic oxidation sites excluding steroid dienone is 10. The zero-order chi connectivity index (χ0) is 39.9. The predicted molar refractivity (Wildman–Crippen MR) is 213 cm³/mol. The van der Waals surface area contributed by atoms with E-state index in [9.17, 15) is 18.4 Å². The van der Waals surface area contributed by atoms with Crippen LogP contribution in [0.4, 0.5) is 20.2 Å². The minimum atomic E-state index is -2.51. The van der Waals surface area contributed by atoms with Gasteiger partial charge in [0.2, 0.25) is 11.6 Å². The second-order valence-electron chi connectivity index (χ2n) is 13.9. The van der Waals surface area contributed by atoms with Crippen molar-refractivity contribution in [1.29, 1.82) is 0 Å². The molecule has 11 heteroatoms. The van der Waals surface area contributed by atoms with Gasteiger partial charge in [-0.15, -0.1) is 0 Å². The number of Topliss-reactive ketones (excluding diaryl/α,β-unsaturated/α-hetero) is 2. The van der Waals surface area contributed by atoms with Crippen LogP contribution < -0.4 is 20.1 Å². The van der Waals surface area contributed by atoms with Gasteiger partial charge in [0.05, 0.1) is 24.6 Å². The van der Waals surface area contributed by atoms with Gasteiger partial charge in [-0.05, 0) is 37.1 Å². The number of nitrogens with one attached hydrogen (secondary N) is 2. The molecule has 3 rings (SSSR count). The molecule has 55 heavy (non-hydrogen) atoms. The Morgan fingerprint density at radius 3 is 1.18 bits per heavy atom. The van der Waals surface area contributed by atoms with Crippen LogP contribution in [0.2, 0.25) is 0 Å². The number of hydrogen-bond acceptors (Lipinski definition) is 8. The Kier molecular flexibility index (Phi) is 26.9. The van der Waals surface area contributed by atoms with Gasteiger partial charge in [0.1, 0.15) is 0 Å². The fourth-order valence-corrected chi connectivity index (χ4v) is 6.16. The Morgan fingerprint density at radius 2 is 0.855 bits per heavy atom. The second kappa shape index (κ2) is 30.9. The van der Waals surface area contributed by atoms with Crippen LogP contribution in [0.25, 0.3) is 0 Å². The van der Waals surface area contributed by atoms with Crippen molar-refractivity contribution in [1.82, 2.24) is 0 Å². The molecule has 2 aliphatic rings. The van der Waals surface area contributed by atoms with Crippen molar-refractivity contribution < 1.29 is 60.1 Å². The van der Waals surface area contributed by atoms with Gasteiger partial charge in [-0.2, -0.15) is 0 Å². The number of ether oxygens (including phenoxy) is 2. The molecular formula is C44H62F2N2O6U. The maximum absolute atomic E-state index is 14.0. The van der Waals surface area contributed by atoms with Gasteiger partial charge in [0.25, 0.3) is 0 Å². The third-order valence-corrected chi connectivity index (χ3v) is 9.36. The Balaban J connectivity index is 0.00000337. The van der Waals surface area contributed by atoms with Crippen molar-refractivity contribution in [3.63, 3.8) is 0 Å². The van der Waals surface area contributed by atoms with Crippen molar-refractivity contribution >= 4 is 22.9 Å². The van der Waals surface area contributed by atoms with Crippen LogP contribution in [-0.4, -0.2) is 24.8 Å². The first-order valence-electron chi connectivity index (χ1n) is 20.4. The van der Waals surface area contributed by atoms with Crippen molar-refractivity contribution in [3.05, 3.63) is 83.8 Å². The second-order valence-corrected chi connectivity index (χ2v) is 14.6. The number of hydrogen-bond donors (Lipinski definition) is 2. The van der Waals surface area contributed by atoms with E-state index in [1.165, 1.54) is 139 Å². The third kappa shape index (κ3) is 20.4. The predicted octanol–water partition coefficient (Wildman–Crippen LogP) is 12.6. The standard InChI is InChI=1S/C44H62F2N2O4.2O.U/c1-3-5-7-9-11-13-15-17-19-21-29-51-41-31-39(47-33-35-25-23-27-37(45)43(35)49)40(48-34-36-26-24-28-38(46)44(36)50)32-42(41)52-30-22-20-18-16-14-12-10-8-6-4-2;;;/h23-28,31-34,47-48H,3-22,29-30H2,1-2H3;;;/b35-33-,36-34-;;;. The molecule has 0 radical (unpaired) electrons. The Morgan fingerprint density at radius 1 is 0.545 bits per heavy atom. The van der Waals surface area contributed by atoms with Gasteiger partial charge in [-0.25, -0.2) is 8.78 Å². The van der Waals surface area contributed by atoms with Gasteiger partial charge in [0, 0.05) is 35.7 Å². The summed E-state index contributed by atoms with van der Waals surface area (Å²) in [6.07, 6.45) is 35.6. The van der Waals surface area contributed by atoms with Crippen LogP contribution in [0.15, 0.2) is 83.8 Å². The molecule has 0 fully saturated rings. The van der Waals surface area contributed by atoms with Crippen LogP contribution >= 0.6 is 0 Å². The molecule has 2 aliphatic carbocycles. The van der Waals surface area contributed by atoms with Crippen molar-refractivity contribution in [2.75, 3.05) is 23.8 Å². The molecule has 0 spiro atoms. The summed E-state index contributed by atoms with van der Waals surface area (Å²) >= 11 is -2.51. The molecule has 0 atom stereocenters. The van der Waals surface area contributed by atoms with Crippen LogP contribution in [0, 0.1) is 27.8 Å². The van der Waals surface area contributed by atoms with E-state index >= 15 is 0 Å². The minimum absolute atomic E-state index is 0.149. The SMILES string of the molecule is CCCCCCCCCCCCOc1cc(N/C=C2/C=CC=C(F)C2=O)c(N/C=C2/C=CC=C(F)C2=O)cc1OCCCCCCCCCCCC.[O]=[U]=[O]. The molecular weight excluding hydrogens is 929 g/mol. The van der Waals surface area contributed by atoms with Crippen molar-refractivity contribution in [2.45, 2.75) is 142 Å². The number of ketones is 2. The molecule has 1 aromatic carbocycles. The Hall–Kier alpha value is -3.29. The maximum atomic E-state index is 14.0. The number of halogens is 2. The fraction of sp³-hybridized carbons (Fsp3) is 0.545.